The van der Waals surface area contributed by atoms with Crippen molar-refractivity contribution >= 4 is 0 Å². The highest BCUT2D eigenvalue weighted by Crippen LogP contribution is 2.19. The number of hydrogen-bond donors (Lipinski definition) is 2. The maximum Gasteiger partial charge on any atom is 0.0768 e. The van der Waals surface area contributed by atoms with Crippen LogP contribution >= 0.6 is 0 Å². The molecule has 14 heavy (non-hydrogen) atoms. The molecule has 0 aromatic carbocycles. The molecule has 0 spiro atoms. The molecule has 0 saturated carbocycles. The molecule has 1 aliphatic rings. The lowest BCUT2D eigenvalue weighted by Crippen LogP contribution is -2.50. The molecule has 0 radical (unpaired) electrons. The van der Waals surface area contributed by atoms with Crippen LogP contribution in [0.4, 0.5) is 0 Å². The van der Waals surface area contributed by atoms with Crippen molar-refractivity contribution in [2.45, 2.75) is 45.3 Å². The Kier molecular flexibility index (Phi) is 3.93. The normalized spacial score (nSPS) is 29.1. The molecular formula is C11H24N2O. The van der Waals surface area contributed by atoms with E-state index in [2.05, 4.69) is 18.7 Å². The second-order valence-electron chi connectivity index (χ2n) is 5.15. The summed E-state index contributed by atoms with van der Waals surface area (Å²) in [4.78, 5) is 2.29. The minimum absolute atomic E-state index is 0.292. The summed E-state index contributed by atoms with van der Waals surface area (Å²) in [6.45, 7) is 8.79. The van der Waals surface area contributed by atoms with E-state index in [9.17, 15) is 5.11 Å². The molecule has 1 fully saturated rings. The number of piperidine rings is 1. The van der Waals surface area contributed by atoms with E-state index in [0.29, 0.717) is 12.0 Å². The third-order valence-corrected chi connectivity index (χ3v) is 3.33. The molecule has 84 valence electrons. The molecule has 1 rings (SSSR count). The first-order chi connectivity index (χ1) is 6.42. The van der Waals surface area contributed by atoms with Crippen LogP contribution < -0.4 is 5.73 Å². The van der Waals surface area contributed by atoms with E-state index >= 15 is 0 Å². The van der Waals surface area contributed by atoms with Crippen LogP contribution in [0, 0.1) is 5.92 Å². The lowest BCUT2D eigenvalue weighted by atomic mass is 9.91. The van der Waals surface area contributed by atoms with E-state index in [0.717, 1.165) is 32.5 Å². The Labute approximate surface area is 87.3 Å². The van der Waals surface area contributed by atoms with Crippen LogP contribution in [0.25, 0.3) is 0 Å². The summed E-state index contributed by atoms with van der Waals surface area (Å²) in [5.74, 6) is 0.292. The lowest BCUT2D eigenvalue weighted by molar-refractivity contribution is -0.0240. The molecule has 0 aromatic rings. The Morgan fingerprint density at radius 3 is 2.71 bits per heavy atom. The fourth-order valence-electron chi connectivity index (χ4n) is 1.87. The number of aliphatic hydroxyl groups is 1. The number of hydrogen-bond acceptors (Lipinski definition) is 3. The van der Waals surface area contributed by atoms with Crippen LogP contribution in [0.3, 0.4) is 0 Å². The predicted octanol–water partition coefficient (Wildman–Crippen LogP) is 0.817. The molecule has 2 unspecified atom stereocenters. The Morgan fingerprint density at radius 2 is 2.21 bits per heavy atom. The second-order valence-corrected chi connectivity index (χ2v) is 5.15. The third-order valence-electron chi connectivity index (χ3n) is 3.33. The van der Waals surface area contributed by atoms with Gasteiger partial charge >= 0.3 is 0 Å². The Hall–Kier alpha value is -0.120. The van der Waals surface area contributed by atoms with Gasteiger partial charge in [0, 0.05) is 19.1 Å². The highest BCUT2D eigenvalue weighted by molar-refractivity contribution is 4.84. The van der Waals surface area contributed by atoms with Gasteiger partial charge in [0.05, 0.1) is 5.60 Å². The first-order valence-corrected chi connectivity index (χ1v) is 5.62. The SMILES string of the molecule is CC(C)C(C)(O)CN1CCCC(N)C1. The summed E-state index contributed by atoms with van der Waals surface area (Å²) < 4.78 is 0. The molecule has 0 amide bonds. The molecule has 3 N–H and O–H groups in total. The number of nitrogens with zero attached hydrogens (tertiary/aromatic N) is 1. The Balaban J connectivity index is 2.43. The van der Waals surface area contributed by atoms with Gasteiger partial charge in [-0.15, -0.1) is 0 Å². The highest BCUT2D eigenvalue weighted by Gasteiger charge is 2.29. The quantitative estimate of drug-likeness (QED) is 0.709. The summed E-state index contributed by atoms with van der Waals surface area (Å²) in [6, 6.07) is 0.298. The zero-order valence-electron chi connectivity index (χ0n) is 9.66. The van der Waals surface area contributed by atoms with Crippen LogP contribution in [0.1, 0.15) is 33.6 Å². The van der Waals surface area contributed by atoms with E-state index in [1.54, 1.807) is 0 Å². The van der Waals surface area contributed by atoms with Crippen molar-refractivity contribution in [2.75, 3.05) is 19.6 Å². The van der Waals surface area contributed by atoms with Crippen LogP contribution in [0.15, 0.2) is 0 Å². The molecule has 3 nitrogen and oxygen atoms in total. The van der Waals surface area contributed by atoms with Gasteiger partial charge in [0.1, 0.15) is 0 Å². The van der Waals surface area contributed by atoms with E-state index in [-0.39, 0.29) is 0 Å². The molecule has 1 aliphatic heterocycles. The number of likely N-dealkylation sites (tertiary alicyclic amines) is 1. The van der Waals surface area contributed by atoms with Crippen molar-refractivity contribution in [3.8, 4) is 0 Å². The number of rotatable bonds is 3. The number of β-amino-alcohol motifs (C(OH)–C–C–N with tert-alkyl or cyclic N) is 1. The zero-order valence-corrected chi connectivity index (χ0v) is 9.66. The average Bonchev–Trinajstić information content (AvgIpc) is 2.02. The summed E-state index contributed by atoms with van der Waals surface area (Å²) in [6.07, 6.45) is 2.29. The topological polar surface area (TPSA) is 49.5 Å². The van der Waals surface area contributed by atoms with Crippen molar-refractivity contribution in [3.05, 3.63) is 0 Å². The first kappa shape index (κ1) is 12.0. The maximum atomic E-state index is 10.1. The van der Waals surface area contributed by atoms with Crippen LogP contribution in [-0.2, 0) is 0 Å². The molecule has 2 atom stereocenters. The fourth-order valence-corrected chi connectivity index (χ4v) is 1.87. The van der Waals surface area contributed by atoms with Crippen molar-refractivity contribution in [1.82, 2.24) is 4.90 Å². The van der Waals surface area contributed by atoms with Gasteiger partial charge in [0.2, 0.25) is 0 Å². The molecule has 1 saturated heterocycles. The molecule has 0 bridgehead atoms. The van der Waals surface area contributed by atoms with Gasteiger partial charge in [-0.3, -0.25) is 4.90 Å². The van der Waals surface area contributed by atoms with Gasteiger partial charge in [-0.2, -0.15) is 0 Å². The van der Waals surface area contributed by atoms with E-state index in [1.165, 1.54) is 0 Å². The molecular weight excluding hydrogens is 176 g/mol. The minimum Gasteiger partial charge on any atom is -0.389 e. The first-order valence-electron chi connectivity index (χ1n) is 5.62. The van der Waals surface area contributed by atoms with Gasteiger partial charge in [-0.25, -0.2) is 0 Å². The monoisotopic (exact) mass is 200 g/mol. The van der Waals surface area contributed by atoms with Crippen molar-refractivity contribution in [3.63, 3.8) is 0 Å². The minimum atomic E-state index is -0.586. The van der Waals surface area contributed by atoms with Gasteiger partial charge in [-0.1, -0.05) is 13.8 Å². The Bertz CT molecular complexity index is 180. The zero-order chi connectivity index (χ0) is 10.8. The molecule has 1 heterocycles. The molecule has 0 aliphatic carbocycles. The average molecular weight is 200 g/mol. The van der Waals surface area contributed by atoms with E-state index in [1.807, 2.05) is 6.92 Å². The summed E-state index contributed by atoms with van der Waals surface area (Å²) in [5.41, 5.74) is 5.31. The summed E-state index contributed by atoms with van der Waals surface area (Å²) in [5, 5.41) is 10.1. The largest absolute Gasteiger partial charge is 0.389 e. The van der Waals surface area contributed by atoms with Crippen molar-refractivity contribution in [2.24, 2.45) is 11.7 Å². The lowest BCUT2D eigenvalue weighted by Gasteiger charge is -2.38. The maximum absolute atomic E-state index is 10.1. The Morgan fingerprint density at radius 1 is 1.57 bits per heavy atom. The summed E-state index contributed by atoms with van der Waals surface area (Å²) in [7, 11) is 0. The standard InChI is InChI=1S/C11H24N2O/c1-9(2)11(3,14)8-13-6-4-5-10(12)7-13/h9-10,14H,4-8,12H2,1-3H3. The highest BCUT2D eigenvalue weighted by atomic mass is 16.3. The van der Waals surface area contributed by atoms with Crippen molar-refractivity contribution in [1.29, 1.82) is 0 Å². The van der Waals surface area contributed by atoms with E-state index < -0.39 is 5.60 Å². The smallest absolute Gasteiger partial charge is 0.0768 e. The van der Waals surface area contributed by atoms with Gasteiger partial charge in [0.25, 0.3) is 0 Å². The number of nitrogens with two attached hydrogens (primary N) is 1. The van der Waals surface area contributed by atoms with Crippen LogP contribution in [0.2, 0.25) is 0 Å². The van der Waals surface area contributed by atoms with Crippen molar-refractivity contribution < 1.29 is 5.11 Å². The third kappa shape index (κ3) is 3.23. The second kappa shape index (κ2) is 4.60. The fraction of sp³-hybridized carbons (Fsp3) is 1.00. The predicted molar refractivity (Wildman–Crippen MR) is 59.1 cm³/mol. The van der Waals surface area contributed by atoms with Gasteiger partial charge in [0.15, 0.2) is 0 Å². The van der Waals surface area contributed by atoms with Crippen LogP contribution in [0.5, 0.6) is 0 Å². The summed E-state index contributed by atoms with van der Waals surface area (Å²) >= 11 is 0. The van der Waals surface area contributed by atoms with Gasteiger partial charge < -0.3 is 10.8 Å². The van der Waals surface area contributed by atoms with Gasteiger partial charge in [-0.05, 0) is 32.2 Å². The van der Waals surface area contributed by atoms with E-state index in [4.69, 9.17) is 5.73 Å². The molecule has 0 aromatic heterocycles. The van der Waals surface area contributed by atoms with Crippen LogP contribution in [-0.4, -0.2) is 41.3 Å². The molecule has 3 heteroatoms.